The zero-order chi connectivity index (χ0) is 22.2. The SMILES string of the molecule is CS(=O)(=O)C(c1cc(F)cc(F)c1)C1CN([C@@H](c2ccc(Cl)cc2)c2cccnc2)C1. The van der Waals surface area contributed by atoms with Crippen LogP contribution in [0.2, 0.25) is 5.02 Å². The molecule has 1 aromatic heterocycles. The van der Waals surface area contributed by atoms with Gasteiger partial charge in [0, 0.05) is 48.7 Å². The first-order valence-electron chi connectivity index (χ1n) is 9.76. The first kappa shape index (κ1) is 21.9. The lowest BCUT2D eigenvalue weighted by molar-refractivity contribution is 0.0653. The van der Waals surface area contributed by atoms with E-state index >= 15 is 0 Å². The predicted octanol–water partition coefficient (Wildman–Crippen LogP) is 4.82. The number of rotatable bonds is 6. The van der Waals surface area contributed by atoms with E-state index in [0.29, 0.717) is 18.1 Å². The lowest BCUT2D eigenvalue weighted by Gasteiger charge is -2.47. The minimum atomic E-state index is -3.59. The largest absolute Gasteiger partial charge is 0.292 e. The van der Waals surface area contributed by atoms with Crippen molar-refractivity contribution in [1.82, 2.24) is 9.88 Å². The summed E-state index contributed by atoms with van der Waals surface area (Å²) in [4.78, 5) is 6.36. The molecule has 0 aliphatic carbocycles. The van der Waals surface area contributed by atoms with Crippen LogP contribution in [0.15, 0.2) is 67.0 Å². The van der Waals surface area contributed by atoms with Gasteiger partial charge in [-0.15, -0.1) is 0 Å². The fourth-order valence-electron chi connectivity index (χ4n) is 4.36. The van der Waals surface area contributed by atoms with Gasteiger partial charge in [0.25, 0.3) is 0 Å². The summed E-state index contributed by atoms with van der Waals surface area (Å²) >= 11 is 6.04. The quantitative estimate of drug-likeness (QED) is 0.527. The Kier molecular flexibility index (Phi) is 6.10. The van der Waals surface area contributed by atoms with Gasteiger partial charge in [0.1, 0.15) is 11.6 Å². The van der Waals surface area contributed by atoms with E-state index in [0.717, 1.165) is 35.6 Å². The van der Waals surface area contributed by atoms with Gasteiger partial charge < -0.3 is 0 Å². The van der Waals surface area contributed by atoms with Crippen molar-refractivity contribution in [3.8, 4) is 0 Å². The number of halogens is 3. The average Bonchev–Trinajstić information content (AvgIpc) is 2.66. The molecule has 4 nitrogen and oxygen atoms in total. The zero-order valence-electron chi connectivity index (χ0n) is 16.8. The molecule has 0 amide bonds. The standard InChI is InChI=1S/C23H21ClF2N2O2S/c1-31(29,30)23(17-9-20(25)11-21(26)10-17)18-13-28(14-18)22(16-3-2-8-27-12-16)15-4-6-19(24)7-5-15/h2-12,18,22-23H,13-14H2,1H3/t22-,23?/m0/s1. The number of aromatic nitrogens is 1. The third kappa shape index (κ3) is 4.79. The smallest absolute Gasteiger partial charge is 0.154 e. The van der Waals surface area contributed by atoms with Crippen LogP contribution >= 0.6 is 11.6 Å². The second-order valence-corrected chi connectivity index (χ2v) is 10.5. The summed E-state index contributed by atoms with van der Waals surface area (Å²) in [5.74, 6) is -1.86. The second kappa shape index (κ2) is 8.65. The number of benzene rings is 2. The van der Waals surface area contributed by atoms with E-state index in [-0.39, 0.29) is 17.5 Å². The summed E-state index contributed by atoms with van der Waals surface area (Å²) in [5, 5.41) is -0.353. The number of nitrogens with zero attached hydrogens (tertiary/aromatic N) is 2. The van der Waals surface area contributed by atoms with Gasteiger partial charge in [-0.2, -0.15) is 0 Å². The summed E-state index contributed by atoms with van der Waals surface area (Å²) < 4.78 is 52.7. The van der Waals surface area contributed by atoms with Crippen molar-refractivity contribution in [2.24, 2.45) is 5.92 Å². The fourth-order valence-corrected chi connectivity index (χ4v) is 5.98. The number of pyridine rings is 1. The maximum atomic E-state index is 13.8. The molecule has 0 radical (unpaired) electrons. The zero-order valence-corrected chi connectivity index (χ0v) is 18.3. The van der Waals surface area contributed by atoms with Crippen LogP contribution in [0.1, 0.15) is 28.0 Å². The Morgan fingerprint density at radius 1 is 1.00 bits per heavy atom. The first-order valence-corrected chi connectivity index (χ1v) is 12.1. The molecule has 4 rings (SSSR count). The van der Waals surface area contributed by atoms with Crippen molar-refractivity contribution in [3.63, 3.8) is 0 Å². The summed E-state index contributed by atoms with van der Waals surface area (Å²) in [6.45, 7) is 0.913. The minimum Gasteiger partial charge on any atom is -0.292 e. The summed E-state index contributed by atoms with van der Waals surface area (Å²) in [5.41, 5.74) is 2.12. The third-order valence-corrected chi connectivity index (χ3v) is 7.42. The highest BCUT2D eigenvalue weighted by Crippen LogP contribution is 2.42. The molecule has 1 saturated heterocycles. The van der Waals surface area contributed by atoms with Crippen molar-refractivity contribution in [2.75, 3.05) is 19.3 Å². The lowest BCUT2D eigenvalue weighted by atomic mass is 9.87. The molecule has 2 atom stereocenters. The van der Waals surface area contributed by atoms with Gasteiger partial charge in [0.15, 0.2) is 9.84 Å². The van der Waals surface area contributed by atoms with Gasteiger partial charge in [0.05, 0.1) is 11.3 Å². The molecule has 0 spiro atoms. The average molecular weight is 463 g/mol. The number of likely N-dealkylation sites (tertiary alicyclic amines) is 1. The van der Waals surface area contributed by atoms with Crippen LogP contribution in [0.3, 0.4) is 0 Å². The van der Waals surface area contributed by atoms with Gasteiger partial charge in [-0.05, 0) is 47.0 Å². The van der Waals surface area contributed by atoms with Crippen LogP contribution in [-0.2, 0) is 9.84 Å². The fraction of sp³-hybridized carbons (Fsp3) is 0.261. The van der Waals surface area contributed by atoms with E-state index in [1.807, 2.05) is 36.4 Å². The molecule has 1 aliphatic rings. The van der Waals surface area contributed by atoms with Crippen LogP contribution in [0.4, 0.5) is 8.78 Å². The lowest BCUT2D eigenvalue weighted by Crippen LogP contribution is -2.52. The molecule has 3 aromatic rings. The van der Waals surface area contributed by atoms with Crippen molar-refractivity contribution in [3.05, 3.63) is 100 Å². The normalized spacial score (nSPS) is 17.2. The highest BCUT2D eigenvalue weighted by molar-refractivity contribution is 7.90. The van der Waals surface area contributed by atoms with Crippen LogP contribution in [0, 0.1) is 17.6 Å². The highest BCUT2D eigenvalue weighted by atomic mass is 35.5. The van der Waals surface area contributed by atoms with E-state index in [4.69, 9.17) is 11.6 Å². The van der Waals surface area contributed by atoms with Gasteiger partial charge in [-0.25, -0.2) is 17.2 Å². The molecule has 8 heteroatoms. The second-order valence-electron chi connectivity index (χ2n) is 7.91. The third-order valence-electron chi connectivity index (χ3n) is 5.59. The Morgan fingerprint density at radius 2 is 1.65 bits per heavy atom. The van der Waals surface area contributed by atoms with Crippen molar-refractivity contribution < 1.29 is 17.2 Å². The molecule has 0 bridgehead atoms. The molecule has 0 N–H and O–H groups in total. The Labute approximate surface area is 185 Å². The van der Waals surface area contributed by atoms with E-state index < -0.39 is 26.7 Å². The van der Waals surface area contributed by atoms with Crippen LogP contribution < -0.4 is 0 Å². The number of sulfone groups is 1. The van der Waals surface area contributed by atoms with Gasteiger partial charge >= 0.3 is 0 Å². The predicted molar refractivity (Wildman–Crippen MR) is 117 cm³/mol. The highest BCUT2D eigenvalue weighted by Gasteiger charge is 2.43. The molecule has 0 saturated carbocycles. The maximum Gasteiger partial charge on any atom is 0.154 e. The molecule has 2 aromatic carbocycles. The molecule has 1 fully saturated rings. The van der Waals surface area contributed by atoms with E-state index in [2.05, 4.69) is 9.88 Å². The molecular weight excluding hydrogens is 442 g/mol. The molecular formula is C23H21ClF2N2O2S. The van der Waals surface area contributed by atoms with Gasteiger partial charge in [0.2, 0.25) is 0 Å². The Balaban J connectivity index is 1.64. The van der Waals surface area contributed by atoms with Crippen LogP contribution in [0.5, 0.6) is 0 Å². The minimum absolute atomic E-state index is 0.133. The summed E-state index contributed by atoms with van der Waals surface area (Å²) in [7, 11) is -3.59. The van der Waals surface area contributed by atoms with Crippen LogP contribution in [-0.4, -0.2) is 37.6 Å². The van der Waals surface area contributed by atoms with Crippen molar-refractivity contribution >= 4 is 21.4 Å². The molecule has 1 aliphatic heterocycles. The molecule has 2 heterocycles. The topological polar surface area (TPSA) is 50.3 Å². The van der Waals surface area contributed by atoms with E-state index in [1.54, 1.807) is 12.4 Å². The summed E-state index contributed by atoms with van der Waals surface area (Å²) in [6.07, 6.45) is 4.59. The number of hydrogen-bond donors (Lipinski definition) is 0. The van der Waals surface area contributed by atoms with E-state index in [9.17, 15) is 17.2 Å². The maximum absolute atomic E-state index is 13.8. The molecule has 162 valence electrons. The van der Waals surface area contributed by atoms with Crippen molar-refractivity contribution in [1.29, 1.82) is 0 Å². The Hall–Kier alpha value is -2.35. The van der Waals surface area contributed by atoms with Crippen molar-refractivity contribution in [2.45, 2.75) is 11.3 Å². The molecule has 31 heavy (non-hydrogen) atoms. The van der Waals surface area contributed by atoms with Gasteiger partial charge in [-0.1, -0.05) is 29.8 Å². The first-order chi connectivity index (χ1) is 14.7. The molecule has 1 unspecified atom stereocenters. The van der Waals surface area contributed by atoms with E-state index in [1.165, 1.54) is 0 Å². The monoisotopic (exact) mass is 462 g/mol. The Bertz CT molecular complexity index is 1150. The Morgan fingerprint density at radius 3 is 2.19 bits per heavy atom. The number of hydrogen-bond acceptors (Lipinski definition) is 4. The van der Waals surface area contributed by atoms with Crippen LogP contribution in [0.25, 0.3) is 0 Å². The summed E-state index contributed by atoms with van der Waals surface area (Å²) in [6, 6.07) is 14.1. The van der Waals surface area contributed by atoms with Gasteiger partial charge in [-0.3, -0.25) is 9.88 Å².